The highest BCUT2D eigenvalue weighted by Crippen LogP contribution is 2.13. The van der Waals surface area contributed by atoms with Crippen molar-refractivity contribution < 1.29 is 13.9 Å². The van der Waals surface area contributed by atoms with Crippen LogP contribution in [-0.2, 0) is 6.42 Å². The average Bonchev–Trinajstić information content (AvgIpc) is 2.71. The Kier molecular flexibility index (Phi) is 11.9. The van der Waals surface area contributed by atoms with Gasteiger partial charge in [0, 0.05) is 38.8 Å². The van der Waals surface area contributed by atoms with Gasteiger partial charge in [-0.2, -0.15) is 0 Å². The lowest BCUT2D eigenvalue weighted by atomic mass is 10.1. The summed E-state index contributed by atoms with van der Waals surface area (Å²) in [6.07, 6.45) is 0.560. The predicted octanol–water partition coefficient (Wildman–Crippen LogP) is 3.71. The quantitative estimate of drug-likeness (QED) is 0.288. The first-order valence-corrected chi connectivity index (χ1v) is 10.1. The van der Waals surface area contributed by atoms with E-state index in [-0.39, 0.29) is 41.8 Å². The molecule has 2 N–H and O–H groups in total. The predicted molar refractivity (Wildman–Crippen MR) is 134 cm³/mol. The van der Waals surface area contributed by atoms with Gasteiger partial charge in [0.15, 0.2) is 5.96 Å². The van der Waals surface area contributed by atoms with Crippen molar-refractivity contribution in [1.82, 2.24) is 15.5 Å². The number of nitrogens with zero attached hydrogens (tertiary/aromatic N) is 2. The molecule has 0 radical (unpaired) electrons. The van der Waals surface area contributed by atoms with Crippen molar-refractivity contribution in [3.63, 3.8) is 0 Å². The Labute approximate surface area is 201 Å². The second kappa shape index (κ2) is 13.8. The zero-order valence-corrected chi connectivity index (χ0v) is 20.9. The van der Waals surface area contributed by atoms with Crippen LogP contribution in [0.4, 0.5) is 4.39 Å². The molecule has 2 aromatic carbocycles. The maximum absolute atomic E-state index is 13.3. The SMILES string of the molecule is CCNC(=NCC(C)Oc1cccc(F)c1)NCCc1cccc(C(=O)N(C)C)c1.I. The van der Waals surface area contributed by atoms with Gasteiger partial charge in [-0.3, -0.25) is 4.79 Å². The fourth-order valence-electron chi connectivity index (χ4n) is 2.81. The third-order valence-electron chi connectivity index (χ3n) is 4.27. The molecule has 0 aliphatic heterocycles. The first-order chi connectivity index (χ1) is 14.4. The summed E-state index contributed by atoms with van der Waals surface area (Å²) in [6.45, 7) is 5.73. The van der Waals surface area contributed by atoms with Crippen LogP contribution in [0.2, 0.25) is 0 Å². The fourth-order valence-corrected chi connectivity index (χ4v) is 2.81. The van der Waals surface area contributed by atoms with Gasteiger partial charge in [0.05, 0.1) is 6.54 Å². The summed E-state index contributed by atoms with van der Waals surface area (Å²) < 4.78 is 19.0. The van der Waals surface area contributed by atoms with Gasteiger partial charge < -0.3 is 20.3 Å². The number of amides is 1. The minimum atomic E-state index is -0.324. The van der Waals surface area contributed by atoms with Crippen molar-refractivity contribution in [3.8, 4) is 5.75 Å². The third-order valence-corrected chi connectivity index (χ3v) is 4.27. The normalized spacial score (nSPS) is 11.8. The Balaban J connectivity index is 0.00000480. The minimum Gasteiger partial charge on any atom is -0.489 e. The average molecular weight is 542 g/mol. The second-order valence-corrected chi connectivity index (χ2v) is 7.18. The van der Waals surface area contributed by atoms with Crippen LogP contribution in [0, 0.1) is 5.82 Å². The van der Waals surface area contributed by atoms with Gasteiger partial charge in [0.2, 0.25) is 0 Å². The van der Waals surface area contributed by atoms with Crippen molar-refractivity contribution in [2.45, 2.75) is 26.4 Å². The van der Waals surface area contributed by atoms with Gasteiger partial charge in [-0.05, 0) is 50.1 Å². The number of ether oxygens (including phenoxy) is 1. The molecule has 2 rings (SSSR count). The molecule has 0 aliphatic carbocycles. The molecule has 0 saturated carbocycles. The number of guanidine groups is 1. The summed E-state index contributed by atoms with van der Waals surface area (Å²) in [6, 6.07) is 13.7. The number of benzene rings is 2. The zero-order chi connectivity index (χ0) is 21.9. The molecule has 31 heavy (non-hydrogen) atoms. The monoisotopic (exact) mass is 542 g/mol. The van der Waals surface area contributed by atoms with E-state index in [1.54, 1.807) is 31.1 Å². The summed E-state index contributed by atoms with van der Waals surface area (Å²) in [4.78, 5) is 18.2. The van der Waals surface area contributed by atoms with Gasteiger partial charge in [-0.15, -0.1) is 24.0 Å². The van der Waals surface area contributed by atoms with Gasteiger partial charge in [0.1, 0.15) is 17.7 Å². The Hall–Kier alpha value is -2.36. The molecule has 0 fully saturated rings. The number of carbonyl (C=O) groups excluding carboxylic acids is 1. The van der Waals surface area contributed by atoms with Crippen LogP contribution in [0.3, 0.4) is 0 Å². The van der Waals surface area contributed by atoms with Crippen molar-refractivity contribution >= 4 is 35.8 Å². The van der Waals surface area contributed by atoms with E-state index in [4.69, 9.17) is 4.74 Å². The number of halogens is 2. The van der Waals surface area contributed by atoms with Crippen molar-refractivity contribution in [2.75, 3.05) is 33.7 Å². The van der Waals surface area contributed by atoms with Crippen LogP contribution in [0.25, 0.3) is 0 Å². The van der Waals surface area contributed by atoms with E-state index >= 15 is 0 Å². The second-order valence-electron chi connectivity index (χ2n) is 7.18. The van der Waals surface area contributed by atoms with Crippen LogP contribution < -0.4 is 15.4 Å². The molecule has 6 nitrogen and oxygen atoms in total. The van der Waals surface area contributed by atoms with Crippen LogP contribution in [0.15, 0.2) is 53.5 Å². The molecule has 0 saturated heterocycles. The molecule has 2 aromatic rings. The van der Waals surface area contributed by atoms with Gasteiger partial charge >= 0.3 is 0 Å². The van der Waals surface area contributed by atoms with E-state index in [9.17, 15) is 9.18 Å². The lowest BCUT2D eigenvalue weighted by molar-refractivity contribution is 0.0827. The van der Waals surface area contributed by atoms with E-state index in [2.05, 4.69) is 15.6 Å². The zero-order valence-electron chi connectivity index (χ0n) is 18.5. The number of aliphatic imine (C=N–C) groups is 1. The Bertz CT molecular complexity index is 861. The third kappa shape index (κ3) is 9.54. The Morgan fingerprint density at radius 3 is 2.58 bits per heavy atom. The van der Waals surface area contributed by atoms with E-state index in [1.165, 1.54) is 12.1 Å². The molecule has 0 bridgehead atoms. The van der Waals surface area contributed by atoms with Crippen LogP contribution in [0.1, 0.15) is 29.8 Å². The molecule has 0 aliphatic rings. The highest BCUT2D eigenvalue weighted by Gasteiger charge is 2.09. The molecular weight excluding hydrogens is 510 g/mol. The Morgan fingerprint density at radius 1 is 1.16 bits per heavy atom. The first-order valence-electron chi connectivity index (χ1n) is 10.1. The van der Waals surface area contributed by atoms with Crippen molar-refractivity contribution in [2.24, 2.45) is 4.99 Å². The molecular formula is C23H32FIN4O2. The van der Waals surface area contributed by atoms with E-state index < -0.39 is 0 Å². The first kappa shape index (κ1) is 26.7. The minimum absolute atomic E-state index is 0. The number of carbonyl (C=O) groups is 1. The molecule has 0 heterocycles. The van der Waals surface area contributed by atoms with Gasteiger partial charge in [0.25, 0.3) is 5.91 Å². The van der Waals surface area contributed by atoms with Crippen molar-refractivity contribution in [3.05, 3.63) is 65.5 Å². The largest absolute Gasteiger partial charge is 0.489 e. The van der Waals surface area contributed by atoms with E-state index in [0.29, 0.717) is 30.4 Å². The van der Waals surface area contributed by atoms with E-state index in [0.717, 1.165) is 18.5 Å². The summed E-state index contributed by atoms with van der Waals surface area (Å²) in [7, 11) is 3.49. The topological polar surface area (TPSA) is 66.0 Å². The molecule has 1 unspecified atom stereocenters. The van der Waals surface area contributed by atoms with Gasteiger partial charge in [-0.1, -0.05) is 18.2 Å². The summed E-state index contributed by atoms with van der Waals surface area (Å²) in [5.74, 6) is 0.845. The van der Waals surface area contributed by atoms with Crippen LogP contribution in [0.5, 0.6) is 5.75 Å². The van der Waals surface area contributed by atoms with Crippen molar-refractivity contribution in [1.29, 1.82) is 0 Å². The van der Waals surface area contributed by atoms with E-state index in [1.807, 2.05) is 38.1 Å². The number of rotatable bonds is 9. The van der Waals surface area contributed by atoms with Crippen LogP contribution in [-0.4, -0.2) is 56.6 Å². The fraction of sp³-hybridized carbons (Fsp3) is 0.391. The summed E-state index contributed by atoms with van der Waals surface area (Å²) >= 11 is 0. The standard InChI is InChI=1S/C23H31FN4O2.HI/c1-5-25-23(27-16-17(2)30-21-11-7-10-20(24)15-21)26-13-12-18-8-6-9-19(14-18)22(29)28(3)4;/h6-11,14-15,17H,5,12-13,16H2,1-4H3,(H2,25,26,27);1H. The molecule has 1 atom stereocenters. The number of hydrogen-bond donors (Lipinski definition) is 2. The van der Waals surface area contributed by atoms with Gasteiger partial charge in [-0.25, -0.2) is 9.38 Å². The van der Waals surface area contributed by atoms with Crippen LogP contribution >= 0.6 is 24.0 Å². The Morgan fingerprint density at radius 2 is 1.90 bits per heavy atom. The smallest absolute Gasteiger partial charge is 0.253 e. The molecule has 1 amide bonds. The lowest BCUT2D eigenvalue weighted by Gasteiger charge is -2.15. The molecule has 170 valence electrons. The number of nitrogens with one attached hydrogen (secondary N) is 2. The maximum Gasteiger partial charge on any atom is 0.253 e. The summed E-state index contributed by atoms with van der Waals surface area (Å²) in [5, 5.41) is 6.50. The lowest BCUT2D eigenvalue weighted by Crippen LogP contribution is -2.39. The highest BCUT2D eigenvalue weighted by atomic mass is 127. The maximum atomic E-state index is 13.3. The molecule has 8 heteroatoms. The molecule has 0 spiro atoms. The summed E-state index contributed by atoms with van der Waals surface area (Å²) in [5.41, 5.74) is 1.76. The number of hydrogen-bond acceptors (Lipinski definition) is 3. The highest BCUT2D eigenvalue weighted by molar-refractivity contribution is 14.0. The molecule has 0 aromatic heterocycles.